The molecule has 0 atom stereocenters. The van der Waals surface area contributed by atoms with Crippen molar-refractivity contribution in [1.29, 1.82) is 0 Å². The average molecular weight is 482 g/mol. The predicted octanol–water partition coefficient (Wildman–Crippen LogP) is 3.13. The zero-order chi connectivity index (χ0) is 23.0. The minimum absolute atomic E-state index is 0.0463. The SMILES string of the molecule is CCOC(=O)CS(=O)(=O)Nc1ccc(OC2CCN(CCc3ccccn3)CC2)c(Cl)c1. The number of pyridine rings is 1. The highest BCUT2D eigenvalue weighted by molar-refractivity contribution is 7.93. The van der Waals surface area contributed by atoms with Gasteiger partial charge in [0.25, 0.3) is 0 Å². The number of esters is 1. The Morgan fingerprint density at radius 1 is 1.25 bits per heavy atom. The van der Waals surface area contributed by atoms with E-state index >= 15 is 0 Å². The first-order valence-electron chi connectivity index (χ1n) is 10.6. The minimum atomic E-state index is -3.88. The zero-order valence-corrected chi connectivity index (χ0v) is 19.6. The van der Waals surface area contributed by atoms with Crippen molar-refractivity contribution < 1.29 is 22.7 Å². The number of hydrogen-bond acceptors (Lipinski definition) is 7. The summed E-state index contributed by atoms with van der Waals surface area (Å²) in [7, 11) is -3.88. The van der Waals surface area contributed by atoms with Crippen molar-refractivity contribution in [2.24, 2.45) is 0 Å². The van der Waals surface area contributed by atoms with E-state index in [1.54, 1.807) is 19.1 Å². The fourth-order valence-corrected chi connectivity index (χ4v) is 4.66. The highest BCUT2D eigenvalue weighted by Gasteiger charge is 2.22. The van der Waals surface area contributed by atoms with E-state index in [0.717, 1.165) is 44.6 Å². The van der Waals surface area contributed by atoms with Gasteiger partial charge in [0.05, 0.1) is 17.3 Å². The first-order valence-corrected chi connectivity index (χ1v) is 12.6. The molecule has 1 saturated heterocycles. The maximum Gasteiger partial charge on any atom is 0.323 e. The number of piperidine rings is 1. The van der Waals surface area contributed by atoms with E-state index < -0.39 is 21.7 Å². The summed E-state index contributed by atoms with van der Waals surface area (Å²) in [5.74, 6) is -1.06. The van der Waals surface area contributed by atoms with Gasteiger partial charge in [0.15, 0.2) is 5.75 Å². The summed E-state index contributed by atoms with van der Waals surface area (Å²) in [5.41, 5.74) is 1.35. The topological polar surface area (TPSA) is 97.8 Å². The third kappa shape index (κ3) is 7.65. The molecule has 3 rings (SSSR count). The van der Waals surface area contributed by atoms with Crippen LogP contribution in [0.3, 0.4) is 0 Å². The number of hydrogen-bond donors (Lipinski definition) is 1. The van der Waals surface area contributed by atoms with Crippen LogP contribution in [0.4, 0.5) is 5.69 Å². The number of benzene rings is 1. The van der Waals surface area contributed by atoms with E-state index in [4.69, 9.17) is 16.3 Å². The van der Waals surface area contributed by atoms with Crippen LogP contribution in [0.5, 0.6) is 5.75 Å². The molecule has 1 fully saturated rings. The number of nitrogens with one attached hydrogen (secondary N) is 1. The van der Waals surface area contributed by atoms with Crippen LogP contribution in [0.1, 0.15) is 25.5 Å². The Labute approximate surface area is 193 Å². The number of ether oxygens (including phenoxy) is 2. The maximum absolute atomic E-state index is 12.1. The third-order valence-corrected chi connectivity index (χ3v) is 6.51. The van der Waals surface area contributed by atoms with Crippen LogP contribution in [-0.4, -0.2) is 62.4 Å². The first kappa shape index (κ1) is 24.3. The van der Waals surface area contributed by atoms with E-state index in [2.05, 4.69) is 19.3 Å². The number of sulfonamides is 1. The van der Waals surface area contributed by atoms with Crippen molar-refractivity contribution in [1.82, 2.24) is 9.88 Å². The van der Waals surface area contributed by atoms with Gasteiger partial charge in [-0.05, 0) is 50.1 Å². The molecule has 174 valence electrons. The smallest absolute Gasteiger partial charge is 0.323 e. The van der Waals surface area contributed by atoms with Crippen molar-refractivity contribution in [2.45, 2.75) is 32.3 Å². The van der Waals surface area contributed by atoms with Crippen LogP contribution in [0.2, 0.25) is 5.02 Å². The fraction of sp³-hybridized carbons (Fsp3) is 0.455. The molecule has 1 aromatic heterocycles. The van der Waals surface area contributed by atoms with Gasteiger partial charge in [0, 0.05) is 37.9 Å². The molecule has 1 aliphatic heterocycles. The third-order valence-electron chi connectivity index (χ3n) is 5.06. The number of rotatable bonds is 10. The maximum atomic E-state index is 12.1. The fourth-order valence-electron chi connectivity index (χ4n) is 3.48. The molecule has 2 heterocycles. The molecule has 0 radical (unpaired) electrons. The van der Waals surface area contributed by atoms with Crippen LogP contribution in [0, 0.1) is 0 Å². The van der Waals surface area contributed by atoms with Gasteiger partial charge in [-0.2, -0.15) is 0 Å². The van der Waals surface area contributed by atoms with Gasteiger partial charge >= 0.3 is 5.97 Å². The lowest BCUT2D eigenvalue weighted by atomic mass is 10.1. The summed E-state index contributed by atoms with van der Waals surface area (Å²) in [6.07, 6.45) is 4.55. The molecule has 8 nitrogen and oxygen atoms in total. The molecule has 0 spiro atoms. The summed E-state index contributed by atoms with van der Waals surface area (Å²) in [4.78, 5) is 18.2. The molecule has 1 aliphatic rings. The predicted molar refractivity (Wildman–Crippen MR) is 124 cm³/mol. The standard InChI is InChI=1S/C22H28ClN3O5S/c1-2-30-22(27)16-32(28,29)25-18-6-7-21(20(23)15-18)31-19-9-13-26(14-10-19)12-8-17-5-3-4-11-24-17/h3-7,11,15,19,25H,2,8-10,12-14,16H2,1H3. The van der Waals surface area contributed by atoms with Crippen molar-refractivity contribution in [3.63, 3.8) is 0 Å². The number of likely N-dealkylation sites (tertiary alicyclic amines) is 1. The first-order chi connectivity index (χ1) is 15.3. The van der Waals surface area contributed by atoms with E-state index in [1.165, 1.54) is 6.07 Å². The van der Waals surface area contributed by atoms with Crippen LogP contribution >= 0.6 is 11.6 Å². The van der Waals surface area contributed by atoms with Gasteiger partial charge in [-0.25, -0.2) is 8.42 Å². The lowest BCUT2D eigenvalue weighted by Crippen LogP contribution is -2.39. The highest BCUT2D eigenvalue weighted by atomic mass is 35.5. The minimum Gasteiger partial charge on any atom is -0.489 e. The van der Waals surface area contributed by atoms with Crippen LogP contribution in [0.25, 0.3) is 0 Å². The number of carbonyl (C=O) groups is 1. The van der Waals surface area contributed by atoms with Crippen molar-refractivity contribution >= 4 is 33.3 Å². The number of aromatic nitrogens is 1. The monoisotopic (exact) mass is 481 g/mol. The van der Waals surface area contributed by atoms with E-state index in [9.17, 15) is 13.2 Å². The van der Waals surface area contributed by atoms with Crippen molar-refractivity contribution in [3.8, 4) is 5.75 Å². The quantitative estimate of drug-likeness (QED) is 0.520. The van der Waals surface area contributed by atoms with Gasteiger partial charge < -0.3 is 14.4 Å². The molecule has 2 aromatic rings. The molecular weight excluding hydrogens is 454 g/mol. The van der Waals surface area contributed by atoms with E-state index in [1.807, 2.05) is 24.4 Å². The molecule has 10 heteroatoms. The largest absolute Gasteiger partial charge is 0.489 e. The van der Waals surface area contributed by atoms with Crippen molar-refractivity contribution in [3.05, 3.63) is 53.3 Å². The van der Waals surface area contributed by atoms with E-state index in [-0.39, 0.29) is 18.4 Å². The van der Waals surface area contributed by atoms with Gasteiger partial charge in [-0.3, -0.25) is 14.5 Å². The molecule has 0 bridgehead atoms. The number of carbonyl (C=O) groups excluding carboxylic acids is 1. The summed E-state index contributed by atoms with van der Waals surface area (Å²) in [5, 5.41) is 0.305. The summed E-state index contributed by atoms with van der Waals surface area (Å²) in [6.45, 7) is 4.56. The zero-order valence-electron chi connectivity index (χ0n) is 18.0. The normalized spacial score (nSPS) is 15.3. The molecule has 1 aromatic carbocycles. The highest BCUT2D eigenvalue weighted by Crippen LogP contribution is 2.30. The molecule has 0 amide bonds. The summed E-state index contributed by atoms with van der Waals surface area (Å²) >= 11 is 6.31. The molecule has 0 aliphatic carbocycles. The van der Waals surface area contributed by atoms with Crippen LogP contribution < -0.4 is 9.46 Å². The Kier molecular flexibility index (Phi) is 8.72. The molecule has 32 heavy (non-hydrogen) atoms. The number of nitrogens with zero attached hydrogens (tertiary/aromatic N) is 2. The lowest BCUT2D eigenvalue weighted by molar-refractivity contribution is -0.139. The summed E-state index contributed by atoms with van der Waals surface area (Å²) in [6, 6.07) is 10.6. The second-order valence-electron chi connectivity index (χ2n) is 7.54. The van der Waals surface area contributed by atoms with E-state index in [0.29, 0.717) is 10.8 Å². The molecule has 1 N–H and O–H groups in total. The summed E-state index contributed by atoms with van der Waals surface area (Å²) < 4.78 is 37.2. The number of halogens is 1. The second kappa shape index (κ2) is 11.5. The molecule has 0 saturated carbocycles. The van der Waals surface area contributed by atoms with Crippen molar-refractivity contribution in [2.75, 3.05) is 36.7 Å². The Morgan fingerprint density at radius 3 is 2.69 bits per heavy atom. The van der Waals surface area contributed by atoms with Gasteiger partial charge in [-0.15, -0.1) is 0 Å². The van der Waals surface area contributed by atoms with Gasteiger partial charge in [0.2, 0.25) is 10.0 Å². The second-order valence-corrected chi connectivity index (χ2v) is 9.67. The van der Waals surface area contributed by atoms with Crippen LogP contribution in [0.15, 0.2) is 42.6 Å². The Bertz CT molecular complexity index is 996. The molecule has 0 unspecified atom stereocenters. The Morgan fingerprint density at radius 2 is 2.03 bits per heavy atom. The van der Waals surface area contributed by atoms with Gasteiger partial charge in [-0.1, -0.05) is 17.7 Å². The average Bonchev–Trinajstić information content (AvgIpc) is 2.75. The molecular formula is C22H28ClN3O5S. The van der Waals surface area contributed by atoms with Crippen LogP contribution in [-0.2, 0) is 26.0 Å². The Hall–Kier alpha value is -2.36. The Balaban J connectivity index is 1.47. The number of anilines is 1. The van der Waals surface area contributed by atoms with Gasteiger partial charge in [0.1, 0.15) is 11.9 Å². The lowest BCUT2D eigenvalue weighted by Gasteiger charge is -2.32.